The van der Waals surface area contributed by atoms with Gasteiger partial charge in [-0.2, -0.15) is 0 Å². The Morgan fingerprint density at radius 2 is 1.86 bits per heavy atom. The van der Waals surface area contributed by atoms with Crippen LogP contribution in [0.4, 0.5) is 8.78 Å². The van der Waals surface area contributed by atoms with Gasteiger partial charge < -0.3 is 4.74 Å². The molecule has 0 saturated heterocycles. The molecule has 0 aromatic rings. The molecule has 0 aromatic carbocycles. The highest BCUT2D eigenvalue weighted by atomic mass is 35.5. The lowest BCUT2D eigenvalue weighted by Crippen LogP contribution is -2.38. The number of rotatable bonds is 4. The lowest BCUT2D eigenvalue weighted by atomic mass is 10.3. The molecule has 0 aromatic heterocycles. The molecule has 0 aliphatic heterocycles. The van der Waals surface area contributed by atoms with E-state index in [1.807, 2.05) is 0 Å². The maximum Gasteiger partial charge on any atom is 0.333 e. The predicted molar refractivity (Wildman–Crippen MR) is 51.0 cm³/mol. The van der Waals surface area contributed by atoms with Gasteiger partial charge in [-0.25, -0.2) is 13.6 Å². The van der Waals surface area contributed by atoms with Crippen LogP contribution in [0.25, 0.3) is 0 Å². The standard InChI is InChI=1S/C7H7Cl3F2O2/c1-4(2)5(13)14-3-6(8,11)7(9,10)12/h1,3H2,2H3. The third kappa shape index (κ3) is 3.98. The fraction of sp³-hybridized carbons (Fsp3) is 0.571. The molecule has 0 rings (SSSR count). The first kappa shape index (κ1) is 13.9. The number of hydrogen-bond acceptors (Lipinski definition) is 2. The Labute approximate surface area is 94.8 Å². The second-order valence-corrected chi connectivity index (χ2v) is 4.39. The van der Waals surface area contributed by atoms with Crippen molar-refractivity contribution in [2.75, 3.05) is 6.61 Å². The minimum Gasteiger partial charge on any atom is -0.457 e. The normalized spacial score (nSPS) is 15.9. The molecule has 0 aliphatic rings. The summed E-state index contributed by atoms with van der Waals surface area (Å²) in [6, 6.07) is 0. The highest BCUT2D eigenvalue weighted by molar-refractivity contribution is 6.51. The highest BCUT2D eigenvalue weighted by Gasteiger charge is 2.51. The van der Waals surface area contributed by atoms with Crippen LogP contribution in [0.1, 0.15) is 6.92 Å². The maximum atomic E-state index is 13.0. The van der Waals surface area contributed by atoms with Gasteiger partial charge in [0.25, 0.3) is 5.13 Å². The molecule has 0 bridgehead atoms. The van der Waals surface area contributed by atoms with Gasteiger partial charge in [0.1, 0.15) is 6.61 Å². The van der Waals surface area contributed by atoms with Crippen molar-refractivity contribution in [3.63, 3.8) is 0 Å². The van der Waals surface area contributed by atoms with Crippen molar-refractivity contribution in [1.82, 2.24) is 0 Å². The molecule has 7 heteroatoms. The van der Waals surface area contributed by atoms with E-state index in [9.17, 15) is 13.6 Å². The average molecular weight is 267 g/mol. The van der Waals surface area contributed by atoms with Crippen molar-refractivity contribution in [1.29, 1.82) is 0 Å². The van der Waals surface area contributed by atoms with E-state index in [2.05, 4.69) is 11.3 Å². The molecule has 2 nitrogen and oxygen atoms in total. The van der Waals surface area contributed by atoms with E-state index in [0.717, 1.165) is 0 Å². The predicted octanol–water partition coefficient (Wildman–Crippen LogP) is 3.11. The molecule has 0 spiro atoms. The molecule has 1 unspecified atom stereocenters. The van der Waals surface area contributed by atoms with Crippen molar-refractivity contribution in [3.05, 3.63) is 12.2 Å². The van der Waals surface area contributed by atoms with E-state index in [4.69, 9.17) is 34.8 Å². The molecule has 82 valence electrons. The van der Waals surface area contributed by atoms with E-state index in [-0.39, 0.29) is 5.57 Å². The van der Waals surface area contributed by atoms with Gasteiger partial charge in [0.05, 0.1) is 0 Å². The molecule has 14 heavy (non-hydrogen) atoms. The van der Waals surface area contributed by atoms with Crippen molar-refractivity contribution in [2.24, 2.45) is 0 Å². The van der Waals surface area contributed by atoms with Crippen molar-refractivity contribution in [2.45, 2.75) is 16.6 Å². The largest absolute Gasteiger partial charge is 0.457 e. The van der Waals surface area contributed by atoms with E-state index >= 15 is 0 Å². The number of hydrogen-bond donors (Lipinski definition) is 0. The maximum absolute atomic E-state index is 13.0. The van der Waals surface area contributed by atoms with Crippen LogP contribution in [0.5, 0.6) is 0 Å². The van der Waals surface area contributed by atoms with E-state index in [1.165, 1.54) is 6.92 Å². The minimum atomic E-state index is -3.34. The molecule has 0 aliphatic carbocycles. The van der Waals surface area contributed by atoms with E-state index < -0.39 is 22.3 Å². The summed E-state index contributed by atoms with van der Waals surface area (Å²) in [4.78, 5) is 10.8. The van der Waals surface area contributed by atoms with Gasteiger partial charge in [-0.05, 0) is 6.92 Å². The first-order valence-electron chi connectivity index (χ1n) is 3.35. The third-order valence-corrected chi connectivity index (χ3v) is 2.31. The average Bonchev–Trinajstić information content (AvgIpc) is 1.97. The second-order valence-electron chi connectivity index (χ2n) is 2.56. The zero-order valence-corrected chi connectivity index (χ0v) is 9.39. The molecular formula is C7H7Cl3F2O2. The van der Waals surface area contributed by atoms with Gasteiger partial charge in [0, 0.05) is 5.57 Å². The fourth-order valence-electron chi connectivity index (χ4n) is 0.361. The van der Waals surface area contributed by atoms with Crippen LogP contribution in [0.3, 0.4) is 0 Å². The topological polar surface area (TPSA) is 26.3 Å². The first-order chi connectivity index (χ1) is 6.08. The Bertz CT molecular complexity index is 248. The van der Waals surface area contributed by atoms with Gasteiger partial charge >= 0.3 is 10.6 Å². The summed E-state index contributed by atoms with van der Waals surface area (Å²) < 4.78 is 26.6. The van der Waals surface area contributed by atoms with Crippen molar-refractivity contribution < 1.29 is 18.3 Å². The number of ether oxygens (including phenoxy) is 1. The second kappa shape index (κ2) is 4.64. The summed E-state index contributed by atoms with van der Waals surface area (Å²) in [6.45, 7) is 3.44. The molecule has 0 amide bonds. The molecule has 0 N–H and O–H groups in total. The Balaban J connectivity index is 4.27. The van der Waals surface area contributed by atoms with Crippen LogP contribution in [0.2, 0.25) is 0 Å². The van der Waals surface area contributed by atoms with Gasteiger partial charge in [0.15, 0.2) is 0 Å². The van der Waals surface area contributed by atoms with Crippen LogP contribution in [-0.2, 0) is 9.53 Å². The molecule has 0 fully saturated rings. The Morgan fingerprint density at radius 3 is 2.14 bits per heavy atom. The van der Waals surface area contributed by atoms with Gasteiger partial charge in [0.2, 0.25) is 0 Å². The zero-order valence-electron chi connectivity index (χ0n) is 7.12. The van der Waals surface area contributed by atoms with Gasteiger partial charge in [-0.1, -0.05) is 41.4 Å². The fourth-order valence-corrected chi connectivity index (χ4v) is 0.525. The number of esters is 1. The molecule has 1 atom stereocenters. The SMILES string of the molecule is C=C(C)C(=O)OCC(F)(Cl)C(F)(Cl)Cl. The summed E-state index contributed by atoms with van der Waals surface area (Å²) in [5.74, 6) is -0.912. The number of halogens is 5. The highest BCUT2D eigenvalue weighted by Crippen LogP contribution is 2.41. The van der Waals surface area contributed by atoms with Crippen molar-refractivity contribution in [3.8, 4) is 0 Å². The Hall–Kier alpha value is -0.0600. The van der Waals surface area contributed by atoms with Crippen molar-refractivity contribution >= 4 is 40.8 Å². The number of carbonyl (C=O) groups is 1. The minimum absolute atomic E-state index is 0.0195. The monoisotopic (exact) mass is 266 g/mol. The summed E-state index contributed by atoms with van der Waals surface area (Å²) >= 11 is 14.5. The van der Waals surface area contributed by atoms with E-state index in [1.54, 1.807) is 0 Å². The van der Waals surface area contributed by atoms with Crippen LogP contribution in [-0.4, -0.2) is 22.3 Å². The van der Waals surface area contributed by atoms with Gasteiger partial charge in [-0.3, -0.25) is 0 Å². The van der Waals surface area contributed by atoms with Crippen LogP contribution >= 0.6 is 34.8 Å². The number of carbonyl (C=O) groups excluding carboxylic acids is 1. The molecule has 0 heterocycles. The molecule has 0 radical (unpaired) electrons. The molecule has 0 saturated carbocycles. The summed E-state index contributed by atoms with van der Waals surface area (Å²) in [7, 11) is 0. The third-order valence-electron chi connectivity index (χ3n) is 1.15. The summed E-state index contributed by atoms with van der Waals surface area (Å²) in [5.41, 5.74) is 0.0195. The van der Waals surface area contributed by atoms with Crippen LogP contribution < -0.4 is 0 Å². The lowest BCUT2D eigenvalue weighted by molar-refractivity contribution is -0.142. The quantitative estimate of drug-likeness (QED) is 0.444. The molecular weight excluding hydrogens is 260 g/mol. The zero-order chi connectivity index (χ0) is 11.6. The number of alkyl halides is 5. The summed E-state index contributed by atoms with van der Waals surface area (Å²) in [6.07, 6.45) is 0. The first-order valence-corrected chi connectivity index (χ1v) is 4.48. The lowest BCUT2D eigenvalue weighted by Gasteiger charge is -2.23. The Kier molecular flexibility index (Phi) is 4.62. The van der Waals surface area contributed by atoms with Crippen LogP contribution in [0, 0.1) is 0 Å². The Morgan fingerprint density at radius 1 is 1.43 bits per heavy atom. The summed E-state index contributed by atoms with van der Waals surface area (Å²) in [5, 5.41) is -3.19. The van der Waals surface area contributed by atoms with Crippen LogP contribution in [0.15, 0.2) is 12.2 Å². The smallest absolute Gasteiger partial charge is 0.333 e. The van der Waals surface area contributed by atoms with Gasteiger partial charge in [-0.15, -0.1) is 0 Å². The van der Waals surface area contributed by atoms with E-state index in [0.29, 0.717) is 0 Å².